The number of morpholine rings is 1. The molecule has 1 amide bonds. The number of hydrogen-bond donors (Lipinski definition) is 2. The van der Waals surface area contributed by atoms with E-state index in [1.165, 1.54) is 0 Å². The van der Waals surface area contributed by atoms with Crippen molar-refractivity contribution in [3.8, 4) is 0 Å². The number of nitrogens with one attached hydrogen (secondary N) is 1. The lowest BCUT2D eigenvalue weighted by atomic mass is 10.1. The number of ether oxygens (including phenoxy) is 1. The van der Waals surface area contributed by atoms with Crippen molar-refractivity contribution in [3.63, 3.8) is 0 Å². The van der Waals surface area contributed by atoms with Crippen molar-refractivity contribution in [1.29, 1.82) is 0 Å². The molecule has 0 radical (unpaired) electrons. The number of H-pyrrole nitrogens is 1. The second-order valence-corrected chi connectivity index (χ2v) is 5.21. The Morgan fingerprint density at radius 3 is 2.95 bits per heavy atom. The van der Waals surface area contributed by atoms with E-state index in [9.17, 15) is 14.7 Å². The molecule has 1 aromatic heterocycles. The monoisotopic (exact) mass is 295 g/mol. The van der Waals surface area contributed by atoms with Crippen LogP contribution in [-0.2, 0) is 16.0 Å². The summed E-state index contributed by atoms with van der Waals surface area (Å²) >= 11 is 0. The Labute approximate surface area is 123 Å². The van der Waals surface area contributed by atoms with Crippen molar-refractivity contribution < 1.29 is 14.6 Å². The van der Waals surface area contributed by atoms with Gasteiger partial charge in [-0.15, -0.1) is 0 Å². The second kappa shape index (κ2) is 6.82. The SMILES string of the molecule is Cc1nc(C)c(CCC(=O)N2CCOCC2CO)c(=O)[nH]1. The molecular formula is C14H21N3O4. The Bertz CT molecular complexity index is 570. The number of carbonyl (C=O) groups is 1. The van der Waals surface area contributed by atoms with Crippen LogP contribution in [0.1, 0.15) is 23.5 Å². The summed E-state index contributed by atoms with van der Waals surface area (Å²) in [5.74, 6) is 0.498. The fourth-order valence-electron chi connectivity index (χ4n) is 2.56. The van der Waals surface area contributed by atoms with Crippen LogP contribution in [0, 0.1) is 13.8 Å². The van der Waals surface area contributed by atoms with Crippen LogP contribution in [0.25, 0.3) is 0 Å². The highest BCUT2D eigenvalue weighted by Crippen LogP contribution is 2.10. The zero-order valence-electron chi connectivity index (χ0n) is 12.4. The highest BCUT2D eigenvalue weighted by Gasteiger charge is 2.26. The van der Waals surface area contributed by atoms with Crippen LogP contribution in [0.5, 0.6) is 0 Å². The molecule has 1 aromatic rings. The molecule has 1 aliphatic rings. The molecule has 1 saturated heterocycles. The molecule has 2 rings (SSSR count). The molecule has 0 bridgehead atoms. The lowest BCUT2D eigenvalue weighted by Gasteiger charge is -2.34. The highest BCUT2D eigenvalue weighted by molar-refractivity contribution is 5.77. The van der Waals surface area contributed by atoms with Gasteiger partial charge >= 0.3 is 0 Å². The molecule has 2 N–H and O–H groups in total. The van der Waals surface area contributed by atoms with E-state index in [0.717, 1.165) is 0 Å². The zero-order valence-corrected chi connectivity index (χ0v) is 12.4. The smallest absolute Gasteiger partial charge is 0.254 e. The van der Waals surface area contributed by atoms with Gasteiger partial charge in [-0.2, -0.15) is 0 Å². The van der Waals surface area contributed by atoms with Crippen LogP contribution in [0.15, 0.2) is 4.79 Å². The van der Waals surface area contributed by atoms with E-state index in [-0.39, 0.29) is 30.5 Å². The van der Waals surface area contributed by atoms with Gasteiger partial charge in [0.1, 0.15) is 5.82 Å². The molecule has 1 unspecified atom stereocenters. The predicted molar refractivity (Wildman–Crippen MR) is 76.1 cm³/mol. The van der Waals surface area contributed by atoms with Crippen LogP contribution in [0.2, 0.25) is 0 Å². The lowest BCUT2D eigenvalue weighted by molar-refractivity contribution is -0.141. The fraction of sp³-hybridized carbons (Fsp3) is 0.643. The van der Waals surface area contributed by atoms with Crippen molar-refractivity contribution in [2.24, 2.45) is 0 Å². The third-order valence-electron chi connectivity index (χ3n) is 3.69. The third-order valence-corrected chi connectivity index (χ3v) is 3.69. The first kappa shape index (κ1) is 15.7. The summed E-state index contributed by atoms with van der Waals surface area (Å²) in [5, 5.41) is 9.28. The number of aromatic nitrogens is 2. The number of aliphatic hydroxyl groups is 1. The van der Waals surface area contributed by atoms with Crippen LogP contribution in [0.4, 0.5) is 0 Å². The maximum atomic E-state index is 12.3. The van der Waals surface area contributed by atoms with Gasteiger partial charge in [0.2, 0.25) is 5.91 Å². The van der Waals surface area contributed by atoms with Gasteiger partial charge in [-0.3, -0.25) is 9.59 Å². The quantitative estimate of drug-likeness (QED) is 0.783. The van der Waals surface area contributed by atoms with Gasteiger partial charge in [0.15, 0.2) is 0 Å². The molecule has 0 aromatic carbocycles. The predicted octanol–water partition coefficient (Wildman–Crippen LogP) is -0.461. The van der Waals surface area contributed by atoms with Gasteiger partial charge in [-0.25, -0.2) is 4.98 Å². The molecule has 21 heavy (non-hydrogen) atoms. The summed E-state index contributed by atoms with van der Waals surface area (Å²) in [5.41, 5.74) is 1.01. The minimum absolute atomic E-state index is 0.0725. The number of carbonyl (C=O) groups excluding carboxylic acids is 1. The molecular weight excluding hydrogens is 274 g/mol. The first-order chi connectivity index (χ1) is 10.0. The lowest BCUT2D eigenvalue weighted by Crippen LogP contribution is -2.50. The maximum absolute atomic E-state index is 12.3. The second-order valence-electron chi connectivity index (χ2n) is 5.21. The molecule has 1 fully saturated rings. The van der Waals surface area contributed by atoms with Gasteiger partial charge in [-0.05, 0) is 20.3 Å². The van der Waals surface area contributed by atoms with Crippen molar-refractivity contribution in [2.75, 3.05) is 26.4 Å². The Morgan fingerprint density at radius 1 is 1.52 bits per heavy atom. The zero-order chi connectivity index (χ0) is 15.4. The minimum Gasteiger partial charge on any atom is -0.394 e. The Balaban J connectivity index is 2.02. The van der Waals surface area contributed by atoms with E-state index >= 15 is 0 Å². The van der Waals surface area contributed by atoms with E-state index in [0.29, 0.717) is 43.3 Å². The number of aromatic amines is 1. The number of hydrogen-bond acceptors (Lipinski definition) is 5. The van der Waals surface area contributed by atoms with Crippen LogP contribution < -0.4 is 5.56 Å². The van der Waals surface area contributed by atoms with E-state index in [1.807, 2.05) is 0 Å². The summed E-state index contributed by atoms with van der Waals surface area (Å²) in [7, 11) is 0. The first-order valence-electron chi connectivity index (χ1n) is 7.07. The van der Waals surface area contributed by atoms with E-state index in [1.54, 1.807) is 18.7 Å². The molecule has 7 heteroatoms. The Morgan fingerprint density at radius 2 is 2.29 bits per heavy atom. The summed E-state index contributed by atoms with van der Waals surface area (Å²) in [6, 6.07) is -0.290. The molecule has 1 atom stereocenters. The average molecular weight is 295 g/mol. The van der Waals surface area contributed by atoms with E-state index in [2.05, 4.69) is 9.97 Å². The van der Waals surface area contributed by atoms with Gasteiger partial charge in [-0.1, -0.05) is 0 Å². The molecule has 2 heterocycles. The Kier molecular flexibility index (Phi) is 5.08. The van der Waals surface area contributed by atoms with Crippen LogP contribution >= 0.6 is 0 Å². The molecule has 116 valence electrons. The number of amides is 1. The molecule has 1 aliphatic heterocycles. The normalized spacial score (nSPS) is 18.8. The van der Waals surface area contributed by atoms with Crippen molar-refractivity contribution >= 4 is 5.91 Å². The average Bonchev–Trinajstić information content (AvgIpc) is 2.45. The van der Waals surface area contributed by atoms with E-state index in [4.69, 9.17) is 4.74 Å². The van der Waals surface area contributed by atoms with Gasteiger partial charge in [0.25, 0.3) is 5.56 Å². The van der Waals surface area contributed by atoms with Gasteiger partial charge in [0.05, 0.1) is 25.9 Å². The number of aryl methyl sites for hydroxylation is 2. The highest BCUT2D eigenvalue weighted by atomic mass is 16.5. The van der Waals surface area contributed by atoms with Crippen molar-refractivity contribution in [3.05, 3.63) is 27.4 Å². The third kappa shape index (κ3) is 3.68. The van der Waals surface area contributed by atoms with Crippen LogP contribution in [-0.4, -0.2) is 58.3 Å². The maximum Gasteiger partial charge on any atom is 0.254 e. The van der Waals surface area contributed by atoms with Crippen LogP contribution in [0.3, 0.4) is 0 Å². The molecule has 7 nitrogen and oxygen atoms in total. The topological polar surface area (TPSA) is 95.5 Å². The minimum atomic E-state index is -0.290. The number of aliphatic hydroxyl groups excluding tert-OH is 1. The largest absolute Gasteiger partial charge is 0.394 e. The summed E-state index contributed by atoms with van der Waals surface area (Å²) in [6.45, 7) is 4.70. The van der Waals surface area contributed by atoms with Gasteiger partial charge in [0, 0.05) is 24.2 Å². The Hall–Kier alpha value is -1.73. The summed E-state index contributed by atoms with van der Waals surface area (Å²) in [6.07, 6.45) is 0.577. The number of nitrogens with zero attached hydrogens (tertiary/aromatic N) is 2. The van der Waals surface area contributed by atoms with E-state index < -0.39 is 0 Å². The van der Waals surface area contributed by atoms with Crippen molar-refractivity contribution in [2.45, 2.75) is 32.7 Å². The molecule has 0 aliphatic carbocycles. The van der Waals surface area contributed by atoms with Crippen molar-refractivity contribution in [1.82, 2.24) is 14.9 Å². The standard InChI is InChI=1S/C14H21N3O4/c1-9-12(14(20)16-10(2)15-9)3-4-13(19)17-5-6-21-8-11(17)7-18/h11,18H,3-8H2,1-2H3,(H,15,16,20). The summed E-state index contributed by atoms with van der Waals surface area (Å²) in [4.78, 5) is 32.6. The summed E-state index contributed by atoms with van der Waals surface area (Å²) < 4.78 is 5.25. The molecule has 0 spiro atoms. The fourth-order valence-corrected chi connectivity index (χ4v) is 2.56. The first-order valence-corrected chi connectivity index (χ1v) is 7.07. The number of rotatable bonds is 4. The molecule has 0 saturated carbocycles. The van der Waals surface area contributed by atoms with Gasteiger partial charge < -0.3 is 19.7 Å².